The lowest BCUT2D eigenvalue weighted by Crippen LogP contribution is -2.44. The van der Waals surface area contributed by atoms with Gasteiger partial charge in [0.05, 0.1) is 6.54 Å². The molecule has 0 saturated heterocycles. The highest BCUT2D eigenvalue weighted by atomic mass is 79.9. The van der Waals surface area contributed by atoms with Crippen LogP contribution < -0.4 is 22.3 Å². The van der Waals surface area contributed by atoms with Crippen LogP contribution in [0.25, 0.3) is 0 Å². The minimum Gasteiger partial charge on any atom is -0.384 e. The van der Waals surface area contributed by atoms with Gasteiger partial charge < -0.3 is 11.1 Å². The molecule has 3 aromatic rings. The maximum Gasteiger partial charge on any atom is 0.333 e. The Labute approximate surface area is 173 Å². The first-order chi connectivity index (χ1) is 13.4. The van der Waals surface area contributed by atoms with E-state index in [1.165, 1.54) is 4.57 Å². The molecule has 144 valence electrons. The molecule has 0 saturated carbocycles. The van der Waals surface area contributed by atoms with Crippen LogP contribution in [-0.4, -0.2) is 15.0 Å². The van der Waals surface area contributed by atoms with Gasteiger partial charge in [-0.15, -0.1) is 0 Å². The van der Waals surface area contributed by atoms with Crippen LogP contribution >= 0.6 is 27.5 Å². The number of nitrogens with one attached hydrogen (secondary N) is 1. The third kappa shape index (κ3) is 4.35. The molecule has 0 atom stereocenters. The minimum atomic E-state index is -0.673. The van der Waals surface area contributed by atoms with Crippen LogP contribution in [0, 0.1) is 0 Å². The van der Waals surface area contributed by atoms with Crippen molar-refractivity contribution in [2.24, 2.45) is 0 Å². The number of hydrogen-bond acceptors (Lipinski definition) is 4. The summed E-state index contributed by atoms with van der Waals surface area (Å²) >= 11 is 9.02. The average molecular weight is 464 g/mol. The minimum absolute atomic E-state index is 0.00496. The van der Waals surface area contributed by atoms with E-state index in [1.807, 2.05) is 30.3 Å². The molecule has 3 rings (SSSR count). The van der Waals surface area contributed by atoms with Gasteiger partial charge in [-0.1, -0.05) is 48.0 Å². The van der Waals surface area contributed by atoms with E-state index in [2.05, 4.69) is 21.2 Å². The van der Waals surface area contributed by atoms with E-state index < -0.39 is 23.7 Å². The molecule has 0 unspecified atom stereocenters. The van der Waals surface area contributed by atoms with E-state index in [1.54, 1.807) is 24.3 Å². The lowest BCUT2D eigenvalue weighted by molar-refractivity contribution is -0.116. The predicted octanol–water partition coefficient (Wildman–Crippen LogP) is 2.70. The van der Waals surface area contributed by atoms with Crippen molar-refractivity contribution in [1.82, 2.24) is 9.13 Å². The number of nitrogens with two attached hydrogens (primary N) is 1. The van der Waals surface area contributed by atoms with Crippen molar-refractivity contribution in [2.75, 3.05) is 11.1 Å². The van der Waals surface area contributed by atoms with Crippen LogP contribution in [0.2, 0.25) is 5.02 Å². The quantitative estimate of drug-likeness (QED) is 0.608. The third-order valence-corrected chi connectivity index (χ3v) is 4.98. The number of rotatable bonds is 5. The maximum absolute atomic E-state index is 12.8. The molecule has 28 heavy (non-hydrogen) atoms. The molecule has 0 aliphatic heterocycles. The summed E-state index contributed by atoms with van der Waals surface area (Å²) in [6.07, 6.45) is 0. The van der Waals surface area contributed by atoms with Crippen molar-refractivity contribution in [3.8, 4) is 0 Å². The summed E-state index contributed by atoms with van der Waals surface area (Å²) in [5, 5.41) is 3.07. The fraction of sp³-hybridized carbons (Fsp3) is 0.105. The first-order valence-electron chi connectivity index (χ1n) is 8.25. The van der Waals surface area contributed by atoms with E-state index in [0.717, 1.165) is 10.1 Å². The van der Waals surface area contributed by atoms with Gasteiger partial charge in [-0.3, -0.25) is 14.2 Å². The van der Waals surface area contributed by atoms with Gasteiger partial charge in [-0.05, 0) is 39.7 Å². The molecule has 0 aliphatic carbocycles. The number of hydrogen-bond donors (Lipinski definition) is 2. The molecule has 1 aromatic heterocycles. The Kier molecular flexibility index (Phi) is 6.01. The summed E-state index contributed by atoms with van der Waals surface area (Å²) in [6.45, 7) is -0.294. The molecule has 1 heterocycles. The second-order valence-corrected chi connectivity index (χ2v) is 7.23. The number of benzene rings is 2. The largest absolute Gasteiger partial charge is 0.384 e. The zero-order valence-corrected chi connectivity index (χ0v) is 16.9. The first kappa shape index (κ1) is 19.9. The highest BCUT2D eigenvalue weighted by Crippen LogP contribution is 2.16. The Bertz CT molecular complexity index is 1140. The van der Waals surface area contributed by atoms with Crippen molar-refractivity contribution in [3.63, 3.8) is 0 Å². The number of halogens is 2. The van der Waals surface area contributed by atoms with E-state index in [-0.39, 0.29) is 16.8 Å². The standard InChI is InChI=1S/C19H16BrClN4O3/c20-16-17(22)24(10-12-5-2-1-3-6-12)19(28)25(18(16)27)11-15(26)23-14-8-4-7-13(21)9-14/h1-9H,10-11,22H2,(H,23,26). The van der Waals surface area contributed by atoms with Crippen molar-refractivity contribution in [3.05, 3.63) is 90.5 Å². The maximum atomic E-state index is 12.8. The lowest BCUT2D eigenvalue weighted by Gasteiger charge is -2.14. The van der Waals surface area contributed by atoms with Gasteiger partial charge in [-0.2, -0.15) is 0 Å². The molecule has 2 aromatic carbocycles. The molecule has 0 bridgehead atoms. The fourth-order valence-electron chi connectivity index (χ4n) is 2.65. The van der Waals surface area contributed by atoms with Crippen LogP contribution in [0.3, 0.4) is 0 Å². The van der Waals surface area contributed by atoms with Gasteiger partial charge in [-0.25, -0.2) is 9.36 Å². The molecule has 0 fully saturated rings. The van der Waals surface area contributed by atoms with Crippen molar-refractivity contribution in [2.45, 2.75) is 13.1 Å². The normalized spacial score (nSPS) is 10.6. The SMILES string of the molecule is Nc1c(Br)c(=O)n(CC(=O)Nc2cccc(Cl)c2)c(=O)n1Cc1ccccc1. The topological polar surface area (TPSA) is 99.1 Å². The lowest BCUT2D eigenvalue weighted by atomic mass is 10.2. The Morgan fingerprint density at radius 2 is 1.79 bits per heavy atom. The van der Waals surface area contributed by atoms with Crippen LogP contribution in [0.15, 0.2) is 68.7 Å². The van der Waals surface area contributed by atoms with Crippen LogP contribution in [0.1, 0.15) is 5.56 Å². The number of anilines is 2. The van der Waals surface area contributed by atoms with Gasteiger partial charge in [0, 0.05) is 10.7 Å². The Morgan fingerprint density at radius 1 is 1.07 bits per heavy atom. The second kappa shape index (κ2) is 8.45. The number of amides is 1. The fourth-order valence-corrected chi connectivity index (χ4v) is 3.27. The summed E-state index contributed by atoms with van der Waals surface area (Å²) in [6, 6.07) is 15.8. The average Bonchev–Trinajstić information content (AvgIpc) is 2.68. The summed E-state index contributed by atoms with van der Waals surface area (Å²) < 4.78 is 2.11. The highest BCUT2D eigenvalue weighted by molar-refractivity contribution is 9.10. The number of nitrogen functional groups attached to an aromatic ring is 1. The highest BCUT2D eigenvalue weighted by Gasteiger charge is 2.18. The van der Waals surface area contributed by atoms with Gasteiger partial charge >= 0.3 is 5.69 Å². The molecular formula is C19H16BrClN4O3. The number of carbonyl (C=O) groups excluding carboxylic acids is 1. The van der Waals surface area contributed by atoms with E-state index in [0.29, 0.717) is 10.7 Å². The van der Waals surface area contributed by atoms with Crippen molar-refractivity contribution in [1.29, 1.82) is 0 Å². The van der Waals surface area contributed by atoms with Crippen LogP contribution in [0.5, 0.6) is 0 Å². The van der Waals surface area contributed by atoms with E-state index >= 15 is 0 Å². The molecule has 1 amide bonds. The van der Waals surface area contributed by atoms with Crippen molar-refractivity contribution >= 4 is 44.9 Å². The summed E-state index contributed by atoms with van der Waals surface area (Å²) in [5.74, 6) is -0.533. The first-order valence-corrected chi connectivity index (χ1v) is 9.42. The number of nitrogens with zero attached hydrogens (tertiary/aromatic N) is 2. The molecule has 0 spiro atoms. The Morgan fingerprint density at radius 3 is 2.46 bits per heavy atom. The Balaban J connectivity index is 1.93. The predicted molar refractivity (Wildman–Crippen MR) is 113 cm³/mol. The molecule has 7 nitrogen and oxygen atoms in total. The van der Waals surface area contributed by atoms with Crippen molar-refractivity contribution < 1.29 is 4.79 Å². The molecule has 9 heteroatoms. The molecule has 0 aliphatic rings. The summed E-state index contributed by atoms with van der Waals surface area (Å²) in [4.78, 5) is 37.7. The molecule has 3 N–H and O–H groups in total. The van der Waals surface area contributed by atoms with Crippen LogP contribution in [-0.2, 0) is 17.9 Å². The molecule has 0 radical (unpaired) electrons. The zero-order chi connectivity index (χ0) is 20.3. The van der Waals surface area contributed by atoms with Gasteiger partial charge in [0.1, 0.15) is 16.8 Å². The van der Waals surface area contributed by atoms with Gasteiger partial charge in [0.25, 0.3) is 5.56 Å². The number of carbonyl (C=O) groups is 1. The Hall–Kier alpha value is -2.84. The van der Waals surface area contributed by atoms with Gasteiger partial charge in [0.15, 0.2) is 0 Å². The second-order valence-electron chi connectivity index (χ2n) is 6.00. The summed E-state index contributed by atoms with van der Waals surface area (Å²) in [5.41, 5.74) is 5.91. The van der Waals surface area contributed by atoms with Crippen LogP contribution in [0.4, 0.5) is 11.5 Å². The number of aromatic nitrogens is 2. The monoisotopic (exact) mass is 462 g/mol. The summed E-state index contributed by atoms with van der Waals surface area (Å²) in [7, 11) is 0. The molecular weight excluding hydrogens is 448 g/mol. The smallest absolute Gasteiger partial charge is 0.333 e. The third-order valence-electron chi connectivity index (χ3n) is 4.00. The van der Waals surface area contributed by atoms with E-state index in [9.17, 15) is 14.4 Å². The zero-order valence-electron chi connectivity index (χ0n) is 14.6. The van der Waals surface area contributed by atoms with Gasteiger partial charge in [0.2, 0.25) is 5.91 Å². The van der Waals surface area contributed by atoms with E-state index in [4.69, 9.17) is 17.3 Å².